The summed E-state index contributed by atoms with van der Waals surface area (Å²) >= 11 is 3.92. The molecule has 25 heavy (non-hydrogen) atoms. The van der Waals surface area contributed by atoms with E-state index in [-0.39, 0.29) is 5.75 Å². The number of hydroxylamine groups is 1. The number of thiol groups is 1. The summed E-state index contributed by atoms with van der Waals surface area (Å²) in [6.45, 7) is 5.42. The number of hydrogen-bond acceptors (Lipinski definition) is 5. The van der Waals surface area contributed by atoms with Crippen molar-refractivity contribution in [3.63, 3.8) is 0 Å². The Kier molecular flexibility index (Phi) is 5.52. The molecule has 1 amide bonds. The van der Waals surface area contributed by atoms with Crippen LogP contribution in [-0.4, -0.2) is 51.3 Å². The van der Waals surface area contributed by atoms with Gasteiger partial charge in [-0.15, -0.1) is 0 Å². The minimum absolute atomic E-state index is 0.00333. The molecule has 1 aliphatic heterocycles. The fourth-order valence-electron chi connectivity index (χ4n) is 2.19. The van der Waals surface area contributed by atoms with E-state index in [0.717, 1.165) is 9.96 Å². The van der Waals surface area contributed by atoms with Crippen LogP contribution < -0.4 is 15.9 Å². The molecule has 2 atom stereocenters. The van der Waals surface area contributed by atoms with Gasteiger partial charge in [0.15, 0.2) is 11.8 Å². The van der Waals surface area contributed by atoms with Crippen molar-refractivity contribution in [1.29, 1.82) is 0 Å². The third kappa shape index (κ3) is 4.60. The van der Waals surface area contributed by atoms with Crippen LogP contribution in [0.3, 0.4) is 0 Å². The number of benzene rings is 1. The van der Waals surface area contributed by atoms with Gasteiger partial charge in [0.05, 0.1) is 5.36 Å². The molecule has 0 saturated heterocycles. The Morgan fingerprint density at radius 3 is 2.72 bits per heavy atom. The number of carbonyl (C=O) groups is 2. The maximum absolute atomic E-state index is 12.2. The van der Waals surface area contributed by atoms with Crippen molar-refractivity contribution < 1.29 is 19.4 Å². The second-order valence-electron chi connectivity index (χ2n) is 6.75. The van der Waals surface area contributed by atoms with Gasteiger partial charge in [-0.2, -0.15) is 12.6 Å². The minimum Gasteiger partial charge on any atom is -0.624 e. The molecule has 7 nitrogen and oxygen atoms in total. The van der Waals surface area contributed by atoms with Gasteiger partial charge in [-0.05, 0) is 29.5 Å². The van der Waals surface area contributed by atoms with Crippen LogP contribution in [0.4, 0.5) is 0 Å². The summed E-state index contributed by atoms with van der Waals surface area (Å²) in [6.07, 6.45) is 3.27. The molecule has 0 aromatic heterocycles. The number of carboxylic acid groups (broad SMARTS) is 1. The van der Waals surface area contributed by atoms with Crippen LogP contribution >= 0.6 is 12.6 Å². The number of fused-ring (bicyclic) bond motifs is 1. The van der Waals surface area contributed by atoms with E-state index in [0.29, 0.717) is 10.9 Å². The van der Waals surface area contributed by atoms with E-state index in [1.165, 1.54) is 6.21 Å². The molecule has 0 fully saturated rings. The number of aliphatic carboxylic acids is 1. The van der Waals surface area contributed by atoms with Gasteiger partial charge in [0.1, 0.15) is 12.1 Å². The highest BCUT2D eigenvalue weighted by atomic mass is 32.1. The van der Waals surface area contributed by atoms with Crippen molar-refractivity contribution in [3.05, 3.63) is 39.5 Å². The molecular weight excluding hydrogens is 342 g/mol. The fourth-order valence-corrected chi connectivity index (χ4v) is 2.44. The van der Waals surface area contributed by atoms with Crippen LogP contribution in [0.15, 0.2) is 23.2 Å². The van der Waals surface area contributed by atoms with Crippen LogP contribution in [0.5, 0.6) is 0 Å². The van der Waals surface area contributed by atoms with Gasteiger partial charge in [-0.25, -0.2) is 9.53 Å². The molecule has 0 spiro atoms. The van der Waals surface area contributed by atoms with E-state index >= 15 is 0 Å². The first-order chi connectivity index (χ1) is 11.6. The zero-order valence-electron chi connectivity index (χ0n) is 14.3. The van der Waals surface area contributed by atoms with Crippen LogP contribution in [-0.2, 0) is 4.79 Å². The molecule has 8 heteroatoms. The molecule has 0 saturated carbocycles. The Bertz CT molecular complexity index is 842. The maximum atomic E-state index is 12.2. The first-order valence-electron chi connectivity index (χ1n) is 7.77. The third-order valence-electron chi connectivity index (χ3n) is 3.66. The fraction of sp³-hybridized carbons (Fsp3) is 0.412. The Hall–Kier alpha value is -2.35. The molecule has 2 N–H and O–H groups in total. The standard InChI is InChI=1S/C17H21N3O4S/c1-17(2,3)20(24)8-12-7-11-6-10(4-5-13(11)18-12)15(21)19-14(9-25)16(22)23/h4-8,12,14,25H,9H2,1-3H3,(H,19,21)(H,22,23)/b20-8+. The smallest absolute Gasteiger partial charge is 0.327 e. The summed E-state index contributed by atoms with van der Waals surface area (Å²) in [5.74, 6) is -1.64. The van der Waals surface area contributed by atoms with E-state index in [2.05, 4.69) is 22.9 Å². The Balaban J connectivity index is 2.25. The van der Waals surface area contributed by atoms with E-state index in [1.807, 2.05) is 0 Å². The van der Waals surface area contributed by atoms with E-state index in [4.69, 9.17) is 5.11 Å². The van der Waals surface area contributed by atoms with Gasteiger partial charge in [0.25, 0.3) is 5.91 Å². The predicted molar refractivity (Wildman–Crippen MR) is 97.7 cm³/mol. The van der Waals surface area contributed by atoms with E-state index in [9.17, 15) is 14.8 Å². The van der Waals surface area contributed by atoms with Gasteiger partial charge in [0.2, 0.25) is 0 Å². The Labute approximate surface area is 150 Å². The van der Waals surface area contributed by atoms with Crippen LogP contribution in [0.2, 0.25) is 0 Å². The SMILES string of the molecule is CC(C)(C)/[N+]([O-])=C\C1C=c2cc(C(=O)NC(CS)C(=O)O)ccc2=N1. The largest absolute Gasteiger partial charge is 0.624 e. The van der Waals surface area contributed by atoms with E-state index in [1.54, 1.807) is 45.0 Å². The lowest BCUT2D eigenvalue weighted by Gasteiger charge is -2.19. The molecule has 1 aromatic carbocycles. The van der Waals surface area contributed by atoms with Crippen LogP contribution in [0, 0.1) is 5.21 Å². The van der Waals surface area contributed by atoms with Gasteiger partial charge < -0.3 is 15.6 Å². The number of rotatable bonds is 5. The summed E-state index contributed by atoms with van der Waals surface area (Å²) in [4.78, 5) is 27.6. The third-order valence-corrected chi connectivity index (χ3v) is 4.03. The van der Waals surface area contributed by atoms with Crippen molar-refractivity contribution in [2.24, 2.45) is 4.99 Å². The first-order valence-corrected chi connectivity index (χ1v) is 8.41. The summed E-state index contributed by atoms with van der Waals surface area (Å²) in [5, 5.41) is 24.8. The number of carboxylic acids is 1. The molecule has 2 unspecified atom stereocenters. The quantitative estimate of drug-likeness (QED) is 0.224. The normalized spacial score (nSPS) is 17.9. The lowest BCUT2D eigenvalue weighted by atomic mass is 10.1. The number of hydrogen-bond donors (Lipinski definition) is 3. The molecule has 134 valence electrons. The zero-order valence-corrected chi connectivity index (χ0v) is 15.2. The van der Waals surface area contributed by atoms with E-state index < -0.39 is 29.5 Å². The Morgan fingerprint density at radius 2 is 2.16 bits per heavy atom. The van der Waals surface area contributed by atoms with Crippen molar-refractivity contribution in [2.75, 3.05) is 5.75 Å². The van der Waals surface area contributed by atoms with Crippen molar-refractivity contribution >= 4 is 36.8 Å². The average Bonchev–Trinajstić information content (AvgIpc) is 2.92. The number of amides is 1. The summed E-state index contributed by atoms with van der Waals surface area (Å²) in [7, 11) is 0. The zero-order chi connectivity index (χ0) is 18.8. The van der Waals surface area contributed by atoms with Crippen molar-refractivity contribution in [2.45, 2.75) is 38.4 Å². The maximum Gasteiger partial charge on any atom is 0.327 e. The predicted octanol–water partition coefficient (Wildman–Crippen LogP) is -0.0387. The molecule has 0 bridgehead atoms. The highest BCUT2D eigenvalue weighted by Gasteiger charge is 2.22. The molecule has 0 aliphatic carbocycles. The van der Waals surface area contributed by atoms with Crippen LogP contribution in [0.25, 0.3) is 6.08 Å². The second kappa shape index (κ2) is 7.26. The lowest BCUT2D eigenvalue weighted by molar-refractivity contribution is -0.532. The van der Waals surface area contributed by atoms with Crippen molar-refractivity contribution in [3.8, 4) is 0 Å². The van der Waals surface area contributed by atoms with Gasteiger partial charge >= 0.3 is 5.97 Å². The van der Waals surface area contributed by atoms with Gasteiger partial charge in [-0.1, -0.05) is 0 Å². The number of nitrogens with zero attached hydrogens (tertiary/aromatic N) is 2. The summed E-state index contributed by atoms with van der Waals surface area (Å²) in [5.41, 5.74) is -0.226. The number of carbonyl (C=O) groups excluding carboxylic acids is 1. The molecular formula is C17H21N3O4S. The summed E-state index contributed by atoms with van der Waals surface area (Å²) < 4.78 is 0.862. The first kappa shape index (κ1) is 19.0. The Morgan fingerprint density at radius 1 is 1.48 bits per heavy atom. The van der Waals surface area contributed by atoms with Gasteiger partial charge in [-0.3, -0.25) is 9.79 Å². The molecule has 0 radical (unpaired) electrons. The second-order valence-corrected chi connectivity index (χ2v) is 7.12. The van der Waals surface area contributed by atoms with Crippen LogP contribution in [0.1, 0.15) is 31.1 Å². The highest BCUT2D eigenvalue weighted by molar-refractivity contribution is 7.80. The topological polar surface area (TPSA) is 105 Å². The number of nitrogens with one attached hydrogen (secondary N) is 1. The monoisotopic (exact) mass is 363 g/mol. The van der Waals surface area contributed by atoms with Crippen molar-refractivity contribution in [1.82, 2.24) is 5.32 Å². The molecule has 1 heterocycles. The lowest BCUT2D eigenvalue weighted by Crippen LogP contribution is -2.42. The minimum atomic E-state index is -1.14. The molecule has 2 rings (SSSR count). The average molecular weight is 363 g/mol. The molecule has 1 aliphatic rings. The highest BCUT2D eigenvalue weighted by Crippen LogP contribution is 2.06. The van der Waals surface area contributed by atoms with Gasteiger partial charge in [0, 0.05) is 32.1 Å². The summed E-state index contributed by atoms with van der Waals surface area (Å²) in [6, 6.07) is 3.43. The molecule has 1 aromatic rings.